The number of rotatable bonds is 5. The van der Waals surface area contributed by atoms with Gasteiger partial charge in [0.2, 0.25) is 0 Å². The summed E-state index contributed by atoms with van der Waals surface area (Å²) < 4.78 is 42.0. The second-order valence-electron chi connectivity index (χ2n) is 11.4. The van der Waals surface area contributed by atoms with Crippen LogP contribution in [0.15, 0.2) is 47.5 Å². The van der Waals surface area contributed by atoms with Crippen molar-refractivity contribution in [3.63, 3.8) is 0 Å². The molecule has 218 valence electrons. The third kappa shape index (κ3) is 4.73. The van der Waals surface area contributed by atoms with Gasteiger partial charge < -0.3 is 19.6 Å². The molecule has 0 unspecified atom stereocenters. The first-order chi connectivity index (χ1) is 19.9. The van der Waals surface area contributed by atoms with Crippen LogP contribution in [-0.2, 0) is 39.2 Å². The molecular formula is C29H28F3N7O3. The van der Waals surface area contributed by atoms with E-state index in [2.05, 4.69) is 38.9 Å². The number of fused-ring (bicyclic) bond motifs is 3. The Morgan fingerprint density at radius 1 is 1.07 bits per heavy atom. The maximum absolute atomic E-state index is 13.7. The number of anilines is 3. The van der Waals surface area contributed by atoms with Crippen LogP contribution in [0.4, 0.5) is 30.5 Å². The smallest absolute Gasteiger partial charge is 0.392 e. The van der Waals surface area contributed by atoms with Gasteiger partial charge in [-0.2, -0.15) is 13.2 Å². The van der Waals surface area contributed by atoms with Crippen molar-refractivity contribution in [3.05, 3.63) is 81.3 Å². The number of aliphatic hydroxyl groups excluding tert-OH is 1. The van der Waals surface area contributed by atoms with E-state index in [0.717, 1.165) is 25.0 Å². The van der Waals surface area contributed by atoms with Crippen molar-refractivity contribution < 1.29 is 23.1 Å². The molecule has 0 saturated carbocycles. The monoisotopic (exact) mass is 579 g/mol. The molecule has 4 aromatic heterocycles. The zero-order valence-electron chi connectivity index (χ0n) is 23.2. The summed E-state index contributed by atoms with van der Waals surface area (Å²) in [6.07, 6.45) is 0.280. The highest BCUT2D eigenvalue weighted by Crippen LogP contribution is 2.40. The Hall–Kier alpha value is -4.52. The number of hydrogen-bond acceptors (Lipinski definition) is 7. The van der Waals surface area contributed by atoms with Gasteiger partial charge in [-0.25, -0.2) is 4.98 Å². The van der Waals surface area contributed by atoms with Gasteiger partial charge in [-0.3, -0.25) is 14.5 Å². The molecule has 1 aliphatic heterocycles. The molecule has 5 heterocycles. The zero-order valence-corrected chi connectivity index (χ0v) is 23.2. The lowest BCUT2D eigenvalue weighted by molar-refractivity contribution is -0.141. The van der Waals surface area contributed by atoms with Crippen LogP contribution in [0.1, 0.15) is 46.9 Å². The van der Waals surface area contributed by atoms with E-state index in [4.69, 9.17) is 0 Å². The molecule has 10 nitrogen and oxygen atoms in total. The first-order valence-corrected chi connectivity index (χ1v) is 13.4. The number of nitrogens with one attached hydrogen (secondary N) is 1. The average molecular weight is 580 g/mol. The Kier molecular flexibility index (Phi) is 6.44. The number of alkyl halides is 3. The zero-order chi connectivity index (χ0) is 30.0. The Morgan fingerprint density at radius 3 is 2.55 bits per heavy atom. The van der Waals surface area contributed by atoms with Gasteiger partial charge in [0.1, 0.15) is 17.2 Å². The molecule has 0 bridgehead atoms. The fraction of sp³-hybridized carbons (Fsp3) is 0.345. The van der Waals surface area contributed by atoms with Crippen LogP contribution in [0.3, 0.4) is 0 Å². The molecule has 0 fully saturated rings. The van der Waals surface area contributed by atoms with Gasteiger partial charge in [0.25, 0.3) is 11.5 Å². The molecule has 13 heteroatoms. The van der Waals surface area contributed by atoms with Crippen LogP contribution in [-0.4, -0.2) is 41.9 Å². The number of carbonyl (C=O) groups is 1. The maximum Gasteiger partial charge on any atom is 0.435 e. The number of aliphatic hydroxyl groups is 1. The minimum atomic E-state index is -4.64. The first kappa shape index (κ1) is 27.6. The molecule has 0 aromatic carbocycles. The minimum Gasteiger partial charge on any atom is -0.392 e. The molecular weight excluding hydrogens is 551 g/mol. The van der Waals surface area contributed by atoms with Crippen molar-refractivity contribution in [2.75, 3.05) is 16.8 Å². The summed E-state index contributed by atoms with van der Waals surface area (Å²) in [6.45, 7) is 4.99. The van der Waals surface area contributed by atoms with Gasteiger partial charge in [0.05, 0.1) is 6.61 Å². The Labute approximate surface area is 238 Å². The highest BCUT2D eigenvalue weighted by atomic mass is 19.4. The van der Waals surface area contributed by atoms with Crippen LogP contribution >= 0.6 is 0 Å². The van der Waals surface area contributed by atoms with Crippen molar-refractivity contribution in [2.45, 2.75) is 46.0 Å². The van der Waals surface area contributed by atoms with E-state index in [1.165, 1.54) is 35.1 Å². The summed E-state index contributed by atoms with van der Waals surface area (Å²) in [4.78, 5) is 32.6. The third-order valence-electron chi connectivity index (χ3n) is 7.78. The minimum absolute atomic E-state index is 0.0376. The molecule has 2 N–H and O–H groups in total. The standard InChI is InChI=1S/C29H28F3N7O3/c1-28(2)12-16-11-21-27(42)39(9-8-38(21)22(16)13-28)25-19(15-40)18(6-7-33-25)17-10-20(26(41)37(3)14-17)34-24-5-4-23(35-36-24)29(30,31)32/h4-7,10-11,14,40H,8-9,12-13,15H2,1-3H3,(H,34,36). The van der Waals surface area contributed by atoms with E-state index in [0.29, 0.717) is 41.3 Å². The van der Waals surface area contributed by atoms with Gasteiger partial charge >= 0.3 is 6.18 Å². The van der Waals surface area contributed by atoms with E-state index in [-0.39, 0.29) is 22.8 Å². The average Bonchev–Trinajstić information content (AvgIpc) is 3.43. The fourth-order valence-electron chi connectivity index (χ4n) is 5.89. The highest BCUT2D eigenvalue weighted by molar-refractivity contribution is 6.06. The molecule has 2 aliphatic rings. The van der Waals surface area contributed by atoms with Gasteiger partial charge in [0, 0.05) is 49.4 Å². The summed E-state index contributed by atoms with van der Waals surface area (Å²) in [5.74, 6) is 0.0775. The Balaban J connectivity index is 1.34. The van der Waals surface area contributed by atoms with E-state index < -0.39 is 24.0 Å². The van der Waals surface area contributed by atoms with Crippen molar-refractivity contribution in [3.8, 4) is 11.1 Å². The van der Waals surface area contributed by atoms with Gasteiger partial charge in [-0.15, -0.1) is 10.2 Å². The van der Waals surface area contributed by atoms with Crippen LogP contribution in [0, 0.1) is 5.41 Å². The van der Waals surface area contributed by atoms with E-state index in [1.54, 1.807) is 17.2 Å². The SMILES string of the molecule is Cn1cc(-c2ccnc(N3CCn4c(cc5c4CC(C)(C)C5)C3=O)c2CO)cc(Nc2ccc(C(F)(F)F)nn2)c1=O. The number of aryl methyl sites for hydroxylation is 1. The Morgan fingerprint density at radius 2 is 1.86 bits per heavy atom. The van der Waals surface area contributed by atoms with E-state index in [9.17, 15) is 27.9 Å². The quantitative estimate of drug-likeness (QED) is 0.366. The lowest BCUT2D eigenvalue weighted by Crippen LogP contribution is -2.41. The molecule has 1 amide bonds. The van der Waals surface area contributed by atoms with Crippen molar-refractivity contribution in [1.29, 1.82) is 0 Å². The normalized spacial score (nSPS) is 16.0. The van der Waals surface area contributed by atoms with Gasteiger partial charge in [-0.1, -0.05) is 13.8 Å². The summed E-state index contributed by atoms with van der Waals surface area (Å²) in [5, 5.41) is 19.9. The number of pyridine rings is 2. The lowest BCUT2D eigenvalue weighted by Gasteiger charge is -2.31. The predicted molar refractivity (Wildman–Crippen MR) is 148 cm³/mol. The molecule has 1 aliphatic carbocycles. The molecule has 0 spiro atoms. The largest absolute Gasteiger partial charge is 0.435 e. The highest BCUT2D eigenvalue weighted by Gasteiger charge is 2.37. The summed E-state index contributed by atoms with van der Waals surface area (Å²) in [6, 6.07) is 7.00. The molecule has 0 saturated heterocycles. The number of nitrogens with zero attached hydrogens (tertiary/aromatic N) is 6. The Bertz CT molecular complexity index is 1770. The van der Waals surface area contributed by atoms with Crippen LogP contribution in [0.25, 0.3) is 11.1 Å². The molecule has 0 atom stereocenters. The van der Waals surface area contributed by atoms with Crippen LogP contribution in [0.2, 0.25) is 0 Å². The lowest BCUT2D eigenvalue weighted by atomic mass is 9.90. The topological polar surface area (TPSA) is 118 Å². The molecule has 4 aromatic rings. The summed E-state index contributed by atoms with van der Waals surface area (Å²) in [7, 11) is 1.53. The van der Waals surface area contributed by atoms with Crippen molar-refractivity contribution in [1.82, 2.24) is 24.3 Å². The first-order valence-electron chi connectivity index (χ1n) is 13.4. The number of hydrogen-bond donors (Lipinski definition) is 2. The van der Waals surface area contributed by atoms with E-state index >= 15 is 0 Å². The molecule has 0 radical (unpaired) electrons. The number of aromatic nitrogens is 5. The van der Waals surface area contributed by atoms with Crippen LogP contribution < -0.4 is 15.8 Å². The van der Waals surface area contributed by atoms with Crippen molar-refractivity contribution in [2.24, 2.45) is 12.5 Å². The van der Waals surface area contributed by atoms with Crippen LogP contribution in [0.5, 0.6) is 0 Å². The fourth-order valence-corrected chi connectivity index (χ4v) is 5.89. The van der Waals surface area contributed by atoms with Gasteiger partial charge in [0.15, 0.2) is 11.5 Å². The number of carbonyl (C=O) groups excluding carboxylic acids is 1. The third-order valence-corrected chi connectivity index (χ3v) is 7.78. The number of halogens is 3. The second-order valence-corrected chi connectivity index (χ2v) is 11.4. The molecule has 6 rings (SSSR count). The maximum atomic E-state index is 13.7. The van der Waals surface area contributed by atoms with Gasteiger partial charge in [-0.05, 0) is 59.7 Å². The predicted octanol–water partition coefficient (Wildman–Crippen LogP) is 4.08. The number of amides is 1. The second kappa shape index (κ2) is 9.79. The summed E-state index contributed by atoms with van der Waals surface area (Å²) >= 11 is 0. The molecule has 42 heavy (non-hydrogen) atoms. The summed E-state index contributed by atoms with van der Waals surface area (Å²) in [5.41, 5.74) is 3.04. The van der Waals surface area contributed by atoms with Crippen molar-refractivity contribution >= 4 is 23.2 Å². The van der Waals surface area contributed by atoms with E-state index in [1.807, 2.05) is 6.07 Å².